The molecular weight excluding hydrogens is 204 g/mol. The molecular formula is C12H18N2S. The van der Waals surface area contributed by atoms with Crippen molar-refractivity contribution < 1.29 is 0 Å². The van der Waals surface area contributed by atoms with Crippen LogP contribution < -0.4 is 0 Å². The van der Waals surface area contributed by atoms with E-state index in [0.29, 0.717) is 5.92 Å². The zero-order chi connectivity index (χ0) is 11.4. The van der Waals surface area contributed by atoms with E-state index < -0.39 is 0 Å². The molecule has 2 aromatic rings. The van der Waals surface area contributed by atoms with Crippen molar-refractivity contribution in [2.75, 3.05) is 0 Å². The van der Waals surface area contributed by atoms with Gasteiger partial charge in [-0.15, -0.1) is 11.3 Å². The summed E-state index contributed by atoms with van der Waals surface area (Å²) in [6.07, 6.45) is 3.52. The summed E-state index contributed by atoms with van der Waals surface area (Å²) in [4.78, 5) is 11.3. The molecule has 15 heavy (non-hydrogen) atoms. The average molecular weight is 222 g/mol. The van der Waals surface area contributed by atoms with Gasteiger partial charge in [-0.05, 0) is 12.8 Å². The van der Waals surface area contributed by atoms with Gasteiger partial charge in [-0.2, -0.15) is 0 Å². The predicted molar refractivity (Wildman–Crippen MR) is 67.6 cm³/mol. The third-order valence-corrected chi connectivity index (χ3v) is 3.44. The van der Waals surface area contributed by atoms with Crippen molar-refractivity contribution >= 4 is 22.4 Å². The molecule has 0 saturated heterocycles. The van der Waals surface area contributed by atoms with Crippen LogP contribution in [0.2, 0.25) is 0 Å². The number of fused-ring (bicyclic) bond motifs is 1. The fourth-order valence-corrected chi connectivity index (χ4v) is 2.49. The van der Waals surface area contributed by atoms with Crippen LogP contribution in [0.5, 0.6) is 0 Å². The van der Waals surface area contributed by atoms with Crippen molar-refractivity contribution in [1.29, 1.82) is 0 Å². The normalized spacial score (nSPS) is 10.3. The van der Waals surface area contributed by atoms with Crippen LogP contribution in [0, 0.1) is 6.92 Å². The minimum absolute atomic E-state index is 0.540. The van der Waals surface area contributed by atoms with Gasteiger partial charge in [0.25, 0.3) is 0 Å². The molecule has 0 atom stereocenters. The highest BCUT2D eigenvalue weighted by molar-refractivity contribution is 7.13. The van der Waals surface area contributed by atoms with Gasteiger partial charge in [0.1, 0.15) is 11.0 Å². The maximum absolute atomic E-state index is 4.37. The second-order valence-electron chi connectivity index (χ2n) is 3.43. The van der Waals surface area contributed by atoms with Crippen molar-refractivity contribution in [3.8, 4) is 0 Å². The molecule has 2 heterocycles. The summed E-state index contributed by atoms with van der Waals surface area (Å²) in [5.74, 6) is 0.540. The van der Waals surface area contributed by atoms with E-state index in [-0.39, 0.29) is 0 Å². The van der Waals surface area contributed by atoms with E-state index in [0.717, 1.165) is 11.0 Å². The number of thiophene rings is 1. The number of hydrogen-bond donors (Lipinski definition) is 0. The summed E-state index contributed by atoms with van der Waals surface area (Å²) >= 11 is 1.81. The van der Waals surface area contributed by atoms with Crippen molar-refractivity contribution in [2.45, 2.75) is 40.5 Å². The fourth-order valence-electron chi connectivity index (χ4n) is 1.43. The van der Waals surface area contributed by atoms with Crippen molar-refractivity contribution in [2.24, 2.45) is 0 Å². The van der Waals surface area contributed by atoms with Gasteiger partial charge in [0, 0.05) is 22.1 Å². The number of hydrogen-bond acceptors (Lipinski definition) is 3. The van der Waals surface area contributed by atoms with E-state index in [1.807, 2.05) is 25.2 Å². The van der Waals surface area contributed by atoms with E-state index in [1.54, 1.807) is 12.4 Å². The highest BCUT2D eigenvalue weighted by atomic mass is 32.1. The largest absolute Gasteiger partial charge is 0.252 e. The topological polar surface area (TPSA) is 25.8 Å². The smallest absolute Gasteiger partial charge is 0.103 e. The van der Waals surface area contributed by atoms with Gasteiger partial charge in [-0.1, -0.05) is 27.7 Å². The van der Waals surface area contributed by atoms with E-state index in [2.05, 4.69) is 30.7 Å². The molecule has 0 saturated carbocycles. The molecule has 3 heteroatoms. The van der Waals surface area contributed by atoms with Crippen LogP contribution in [0.1, 0.15) is 43.4 Å². The van der Waals surface area contributed by atoms with Crippen LogP contribution >= 0.6 is 11.3 Å². The fraction of sp³-hybridized carbons (Fsp3) is 0.500. The van der Waals surface area contributed by atoms with Crippen molar-refractivity contribution in [1.82, 2.24) is 9.97 Å². The first-order valence-corrected chi connectivity index (χ1v) is 6.22. The number of nitrogens with zero attached hydrogens (tertiary/aromatic N) is 2. The van der Waals surface area contributed by atoms with E-state index in [9.17, 15) is 0 Å². The van der Waals surface area contributed by atoms with Crippen LogP contribution in [0.4, 0.5) is 0 Å². The Labute approximate surface area is 95.4 Å². The number of aryl methyl sites for hydroxylation is 1. The molecule has 0 radical (unpaired) electrons. The molecule has 0 aliphatic heterocycles. The lowest BCUT2D eigenvalue weighted by molar-refractivity contribution is 0.894. The molecule has 0 N–H and O–H groups in total. The minimum Gasteiger partial charge on any atom is -0.252 e. The summed E-state index contributed by atoms with van der Waals surface area (Å²) < 4.78 is 0. The van der Waals surface area contributed by atoms with Crippen LogP contribution in [0.25, 0.3) is 11.0 Å². The Balaban J connectivity index is 0.000000531. The van der Waals surface area contributed by atoms with Gasteiger partial charge in [-0.3, -0.25) is 9.97 Å². The molecule has 0 aromatic carbocycles. The van der Waals surface area contributed by atoms with Crippen LogP contribution in [0.3, 0.4) is 0 Å². The zero-order valence-electron chi connectivity index (χ0n) is 10.0. The molecule has 2 rings (SSSR count). The van der Waals surface area contributed by atoms with Crippen LogP contribution in [-0.4, -0.2) is 9.97 Å². The summed E-state index contributed by atoms with van der Waals surface area (Å²) in [6, 6.07) is 0. The van der Waals surface area contributed by atoms with Gasteiger partial charge in [-0.25, -0.2) is 0 Å². The Kier molecular flexibility index (Phi) is 4.21. The molecule has 2 nitrogen and oxygen atoms in total. The Morgan fingerprint density at radius 1 is 1.07 bits per heavy atom. The van der Waals surface area contributed by atoms with Gasteiger partial charge in [0.15, 0.2) is 0 Å². The predicted octanol–water partition coefficient (Wildman–Crippen LogP) is 4.15. The summed E-state index contributed by atoms with van der Waals surface area (Å²) in [7, 11) is 0. The maximum Gasteiger partial charge on any atom is 0.103 e. The molecule has 0 bridgehead atoms. The maximum atomic E-state index is 4.37. The lowest BCUT2D eigenvalue weighted by Crippen LogP contribution is -1.85. The molecule has 0 fully saturated rings. The lowest BCUT2D eigenvalue weighted by Gasteiger charge is -1.99. The molecule has 0 aliphatic rings. The zero-order valence-corrected chi connectivity index (χ0v) is 10.9. The van der Waals surface area contributed by atoms with E-state index >= 15 is 0 Å². The number of aromatic nitrogens is 2. The van der Waals surface area contributed by atoms with Crippen LogP contribution in [0.15, 0.2) is 12.4 Å². The molecule has 0 aliphatic carbocycles. The standard InChI is InChI=1S/C10H12N2S.C2H6/c1-6(2)10-9-8(7(3)13-10)11-4-5-12-9;1-2/h4-6H,1-3H3;1-2H3. The molecule has 0 unspecified atom stereocenters. The Bertz CT molecular complexity index is 432. The van der Waals surface area contributed by atoms with E-state index in [4.69, 9.17) is 0 Å². The molecule has 0 amide bonds. The minimum atomic E-state index is 0.540. The van der Waals surface area contributed by atoms with Gasteiger partial charge in [0.2, 0.25) is 0 Å². The highest BCUT2D eigenvalue weighted by Gasteiger charge is 2.12. The second kappa shape index (κ2) is 5.21. The van der Waals surface area contributed by atoms with Crippen molar-refractivity contribution in [3.63, 3.8) is 0 Å². The summed E-state index contributed by atoms with van der Waals surface area (Å²) in [5, 5.41) is 0. The summed E-state index contributed by atoms with van der Waals surface area (Å²) in [6.45, 7) is 10.5. The first-order chi connectivity index (χ1) is 7.20. The SMILES string of the molecule is CC.Cc1sc(C(C)C)c2nccnc12. The molecule has 0 spiro atoms. The van der Waals surface area contributed by atoms with E-state index in [1.165, 1.54) is 9.75 Å². The second-order valence-corrected chi connectivity index (χ2v) is 4.69. The highest BCUT2D eigenvalue weighted by Crippen LogP contribution is 2.32. The van der Waals surface area contributed by atoms with Gasteiger partial charge >= 0.3 is 0 Å². The molecule has 2 aromatic heterocycles. The molecule has 82 valence electrons. The Morgan fingerprint density at radius 2 is 1.60 bits per heavy atom. The lowest BCUT2D eigenvalue weighted by atomic mass is 10.1. The van der Waals surface area contributed by atoms with Gasteiger partial charge in [0.05, 0.1) is 0 Å². The summed E-state index contributed by atoms with van der Waals surface area (Å²) in [5.41, 5.74) is 2.15. The number of rotatable bonds is 1. The Hall–Kier alpha value is -0.960. The Morgan fingerprint density at radius 3 is 2.13 bits per heavy atom. The quantitative estimate of drug-likeness (QED) is 0.724. The van der Waals surface area contributed by atoms with Crippen LogP contribution in [-0.2, 0) is 0 Å². The third kappa shape index (κ3) is 2.34. The average Bonchev–Trinajstić information content (AvgIpc) is 2.60. The monoisotopic (exact) mass is 222 g/mol. The third-order valence-electron chi connectivity index (χ3n) is 2.05. The van der Waals surface area contributed by atoms with Crippen molar-refractivity contribution in [3.05, 3.63) is 22.1 Å². The first kappa shape index (κ1) is 12.1. The first-order valence-electron chi connectivity index (χ1n) is 5.40. The van der Waals surface area contributed by atoms with Gasteiger partial charge < -0.3 is 0 Å².